The Morgan fingerprint density at radius 3 is 2.58 bits per heavy atom. The number of aryl methyl sites for hydroxylation is 1. The molecule has 190 valence electrons. The summed E-state index contributed by atoms with van der Waals surface area (Å²) in [4.78, 5) is 56.4. The van der Waals surface area contributed by atoms with Crippen molar-refractivity contribution in [1.29, 1.82) is 0 Å². The van der Waals surface area contributed by atoms with Crippen molar-refractivity contribution in [3.63, 3.8) is 0 Å². The lowest BCUT2D eigenvalue weighted by Gasteiger charge is -2.38. The number of nitrogens with one attached hydrogen (secondary N) is 2. The second kappa shape index (κ2) is 7.58. The van der Waals surface area contributed by atoms with Gasteiger partial charge in [0.1, 0.15) is 11.0 Å². The number of amides is 2. The lowest BCUT2D eigenvalue weighted by atomic mass is 9.60. The predicted molar refractivity (Wildman–Crippen MR) is 139 cm³/mol. The highest BCUT2D eigenvalue weighted by atomic mass is 16.6. The van der Waals surface area contributed by atoms with E-state index in [1.807, 2.05) is 49.4 Å². The smallest absolute Gasteiger partial charge is 0.270 e. The Morgan fingerprint density at radius 2 is 1.76 bits per heavy atom. The van der Waals surface area contributed by atoms with Crippen molar-refractivity contribution >= 4 is 34.7 Å². The van der Waals surface area contributed by atoms with Crippen LogP contribution in [0.25, 0.3) is 0 Å². The number of carbonyl (C=O) groups excluding carboxylic acids is 3. The van der Waals surface area contributed by atoms with E-state index in [0.717, 1.165) is 12.0 Å². The number of para-hydroxylation sites is 2. The highest BCUT2D eigenvalue weighted by Crippen LogP contribution is 2.66. The van der Waals surface area contributed by atoms with Crippen molar-refractivity contribution in [3.05, 3.63) is 99.1 Å². The van der Waals surface area contributed by atoms with Crippen LogP contribution in [0, 0.1) is 23.0 Å². The summed E-state index contributed by atoms with van der Waals surface area (Å²) >= 11 is 0. The molecule has 9 nitrogen and oxygen atoms in total. The van der Waals surface area contributed by atoms with Crippen LogP contribution >= 0.6 is 0 Å². The van der Waals surface area contributed by atoms with Gasteiger partial charge in [0.15, 0.2) is 5.78 Å². The van der Waals surface area contributed by atoms with Gasteiger partial charge in [-0.15, -0.1) is 0 Å². The molecule has 4 aliphatic heterocycles. The number of nitro groups is 1. The molecule has 7 rings (SSSR count). The van der Waals surface area contributed by atoms with Crippen molar-refractivity contribution in [3.8, 4) is 0 Å². The summed E-state index contributed by atoms with van der Waals surface area (Å²) in [6, 6.07) is 18.1. The van der Waals surface area contributed by atoms with E-state index in [1.165, 1.54) is 24.3 Å². The van der Waals surface area contributed by atoms with Gasteiger partial charge >= 0.3 is 0 Å². The molecule has 0 bridgehead atoms. The zero-order chi connectivity index (χ0) is 26.4. The monoisotopic (exact) mass is 508 g/mol. The molecule has 4 heterocycles. The normalized spacial score (nSPS) is 28.8. The minimum absolute atomic E-state index is 0.107. The molecule has 0 aliphatic carbocycles. The standard InChI is InChI=1S/C29H24N4O5/c1-16-7-4-11-20-23(16)31-27(36)29(20)25(24(34)17-8-5-9-18(15-17)33(37)38)28(22-13-6-14-32(22)29)19-10-2-3-12-21(19)30-26(28)35/h2-5,7-12,15,22,25H,6,13-14H2,1H3,(H,30,35)(H,31,36)/t22-,25-,28+,29+/m0/s1. The summed E-state index contributed by atoms with van der Waals surface area (Å²) in [5, 5.41) is 17.6. The molecule has 9 heteroatoms. The van der Waals surface area contributed by atoms with Gasteiger partial charge in [0.2, 0.25) is 11.8 Å². The van der Waals surface area contributed by atoms with Gasteiger partial charge in [-0.3, -0.25) is 29.4 Å². The quantitative estimate of drug-likeness (QED) is 0.314. The minimum Gasteiger partial charge on any atom is -0.325 e. The molecule has 2 amide bonds. The zero-order valence-corrected chi connectivity index (χ0v) is 20.6. The largest absolute Gasteiger partial charge is 0.325 e. The van der Waals surface area contributed by atoms with Gasteiger partial charge in [-0.1, -0.05) is 48.5 Å². The second-order valence-electron chi connectivity index (χ2n) is 10.5. The fraction of sp³-hybridized carbons (Fsp3) is 0.276. The number of carbonyl (C=O) groups is 3. The Hall–Kier alpha value is -4.37. The number of hydrogen-bond acceptors (Lipinski definition) is 6. The topological polar surface area (TPSA) is 122 Å². The van der Waals surface area contributed by atoms with Gasteiger partial charge in [-0.25, -0.2) is 0 Å². The maximum atomic E-state index is 14.8. The molecular weight excluding hydrogens is 484 g/mol. The van der Waals surface area contributed by atoms with E-state index < -0.39 is 33.6 Å². The van der Waals surface area contributed by atoms with Crippen LogP contribution in [-0.2, 0) is 20.5 Å². The second-order valence-corrected chi connectivity index (χ2v) is 10.5. The number of benzene rings is 3. The fourth-order valence-electron chi connectivity index (χ4n) is 7.66. The molecule has 2 spiro atoms. The Morgan fingerprint density at radius 1 is 1.00 bits per heavy atom. The lowest BCUT2D eigenvalue weighted by Crippen LogP contribution is -2.55. The maximum Gasteiger partial charge on any atom is 0.270 e. The van der Waals surface area contributed by atoms with Crippen molar-refractivity contribution in [2.45, 2.75) is 36.8 Å². The van der Waals surface area contributed by atoms with Gasteiger partial charge in [-0.05, 0) is 43.5 Å². The molecule has 2 fully saturated rings. The average molecular weight is 509 g/mol. The number of rotatable bonds is 3. The van der Waals surface area contributed by atoms with E-state index in [-0.39, 0.29) is 23.1 Å². The first-order chi connectivity index (χ1) is 18.3. The predicted octanol–water partition coefficient (Wildman–Crippen LogP) is 3.92. The first kappa shape index (κ1) is 22.8. The highest BCUT2D eigenvalue weighted by Gasteiger charge is 2.78. The van der Waals surface area contributed by atoms with E-state index in [4.69, 9.17) is 0 Å². The number of nitro benzene ring substituents is 1. The summed E-state index contributed by atoms with van der Waals surface area (Å²) in [5.74, 6) is -2.26. The molecule has 2 N–H and O–H groups in total. The van der Waals surface area contributed by atoms with Crippen molar-refractivity contribution < 1.29 is 19.3 Å². The summed E-state index contributed by atoms with van der Waals surface area (Å²) in [6.07, 6.45) is 1.41. The number of hydrogen-bond donors (Lipinski definition) is 2. The van der Waals surface area contributed by atoms with E-state index in [0.29, 0.717) is 35.5 Å². The van der Waals surface area contributed by atoms with Gasteiger partial charge in [-0.2, -0.15) is 0 Å². The van der Waals surface area contributed by atoms with Crippen LogP contribution in [-0.4, -0.2) is 40.0 Å². The SMILES string of the molecule is Cc1cccc2c1NC(=O)[C@]21[C@@H](C(=O)c2cccc([N+](=O)[O-])c2)[C@]2(C(=O)Nc3ccccc32)[C@@H]2CCCN21. The molecule has 0 radical (unpaired) electrons. The highest BCUT2D eigenvalue weighted by molar-refractivity contribution is 6.19. The fourth-order valence-corrected chi connectivity index (χ4v) is 7.66. The number of anilines is 2. The zero-order valence-electron chi connectivity index (χ0n) is 20.6. The molecule has 3 aromatic rings. The summed E-state index contributed by atoms with van der Waals surface area (Å²) < 4.78 is 0. The van der Waals surface area contributed by atoms with E-state index >= 15 is 0 Å². The maximum absolute atomic E-state index is 14.8. The van der Waals surface area contributed by atoms with Crippen LogP contribution in [0.15, 0.2) is 66.7 Å². The average Bonchev–Trinajstić information content (AvgIpc) is 3.63. The minimum atomic E-state index is -1.45. The molecule has 3 aromatic carbocycles. The van der Waals surface area contributed by atoms with Crippen LogP contribution in [0.3, 0.4) is 0 Å². The van der Waals surface area contributed by atoms with Crippen LogP contribution in [0.2, 0.25) is 0 Å². The van der Waals surface area contributed by atoms with E-state index in [9.17, 15) is 24.5 Å². The number of nitrogens with zero attached hydrogens (tertiary/aromatic N) is 2. The summed E-state index contributed by atoms with van der Waals surface area (Å²) in [7, 11) is 0. The third-order valence-corrected chi connectivity index (χ3v) is 8.97. The molecule has 0 aromatic heterocycles. The van der Waals surface area contributed by atoms with Crippen molar-refractivity contribution in [2.24, 2.45) is 5.92 Å². The summed E-state index contributed by atoms with van der Waals surface area (Å²) in [5.41, 5.74) is 0.600. The van der Waals surface area contributed by atoms with Gasteiger partial charge in [0.25, 0.3) is 5.69 Å². The first-order valence-electron chi connectivity index (χ1n) is 12.7. The molecular formula is C29H24N4O5. The Balaban J connectivity index is 1.58. The molecule has 0 saturated carbocycles. The Bertz CT molecular complexity index is 1600. The first-order valence-corrected chi connectivity index (χ1v) is 12.7. The third kappa shape index (κ3) is 2.51. The van der Waals surface area contributed by atoms with Crippen LogP contribution in [0.1, 0.15) is 39.9 Å². The number of fused-ring (bicyclic) bond motifs is 7. The van der Waals surface area contributed by atoms with Crippen molar-refractivity contribution in [2.75, 3.05) is 17.2 Å². The van der Waals surface area contributed by atoms with Crippen LogP contribution in [0.4, 0.5) is 17.1 Å². The lowest BCUT2D eigenvalue weighted by molar-refractivity contribution is -0.384. The van der Waals surface area contributed by atoms with E-state index in [2.05, 4.69) is 15.5 Å². The number of Topliss-reactive ketones (excluding diaryl/α,β-unsaturated/α-hetero) is 1. The molecule has 0 unspecified atom stereocenters. The third-order valence-electron chi connectivity index (χ3n) is 8.97. The van der Waals surface area contributed by atoms with Gasteiger partial charge in [0, 0.05) is 40.7 Å². The van der Waals surface area contributed by atoms with Gasteiger partial charge in [0.05, 0.1) is 10.8 Å². The van der Waals surface area contributed by atoms with Crippen molar-refractivity contribution in [1.82, 2.24) is 4.90 Å². The molecule has 4 atom stereocenters. The molecule has 4 aliphatic rings. The number of non-ortho nitro benzene ring substituents is 1. The van der Waals surface area contributed by atoms with Gasteiger partial charge < -0.3 is 10.6 Å². The Kier molecular flexibility index (Phi) is 4.55. The molecule has 38 heavy (non-hydrogen) atoms. The molecule has 2 saturated heterocycles. The summed E-state index contributed by atoms with van der Waals surface area (Å²) in [6.45, 7) is 2.45. The Labute approximate surface area is 218 Å². The number of ketones is 1. The van der Waals surface area contributed by atoms with Crippen LogP contribution in [0.5, 0.6) is 0 Å². The van der Waals surface area contributed by atoms with E-state index in [1.54, 1.807) is 0 Å². The van der Waals surface area contributed by atoms with Crippen LogP contribution < -0.4 is 10.6 Å².